The molecule has 12 heavy (non-hydrogen) atoms. The molecule has 0 bridgehead atoms. The van der Waals surface area contributed by atoms with Crippen molar-refractivity contribution in [1.29, 1.82) is 0 Å². The van der Waals surface area contributed by atoms with Gasteiger partial charge in [0, 0.05) is 24.4 Å². The lowest BCUT2D eigenvalue weighted by Gasteiger charge is -2.20. The minimum atomic E-state index is 0.311. The Morgan fingerprint density at radius 2 is 2.50 bits per heavy atom. The highest BCUT2D eigenvalue weighted by atomic mass is 32.2. The molecule has 0 aromatic heterocycles. The van der Waals surface area contributed by atoms with Crippen molar-refractivity contribution in [1.82, 2.24) is 5.32 Å². The molecule has 0 amide bonds. The van der Waals surface area contributed by atoms with Crippen LogP contribution in [0.25, 0.3) is 0 Å². The predicted molar refractivity (Wildman–Crippen MR) is 54.6 cm³/mol. The lowest BCUT2D eigenvalue weighted by molar-refractivity contribution is 0.257. The van der Waals surface area contributed by atoms with Gasteiger partial charge in [0.05, 0.1) is 0 Å². The van der Waals surface area contributed by atoms with Crippen molar-refractivity contribution in [3.63, 3.8) is 0 Å². The molecule has 1 saturated heterocycles. The summed E-state index contributed by atoms with van der Waals surface area (Å²) in [5.74, 6) is 2.55. The molecular formula is C9H19NOS. The molecule has 3 heteroatoms. The van der Waals surface area contributed by atoms with Crippen LogP contribution in [0.1, 0.15) is 26.2 Å². The average molecular weight is 189 g/mol. The first kappa shape index (κ1) is 10.4. The van der Waals surface area contributed by atoms with Gasteiger partial charge < -0.3 is 10.4 Å². The minimum Gasteiger partial charge on any atom is -0.396 e. The molecule has 1 rings (SSSR count). The molecule has 0 saturated carbocycles. The van der Waals surface area contributed by atoms with E-state index in [2.05, 4.69) is 12.2 Å². The van der Waals surface area contributed by atoms with Crippen molar-refractivity contribution in [3.8, 4) is 0 Å². The summed E-state index contributed by atoms with van der Waals surface area (Å²) in [6, 6.07) is 1.23. The maximum Gasteiger partial charge on any atom is 0.0445 e. The van der Waals surface area contributed by atoms with E-state index in [0.29, 0.717) is 18.7 Å². The summed E-state index contributed by atoms with van der Waals surface area (Å²) in [6.45, 7) is 2.49. The molecule has 2 nitrogen and oxygen atoms in total. The van der Waals surface area contributed by atoms with Gasteiger partial charge >= 0.3 is 0 Å². The molecule has 2 N–H and O–H groups in total. The van der Waals surface area contributed by atoms with E-state index in [0.717, 1.165) is 12.8 Å². The Labute approximate surface area is 79.1 Å². The van der Waals surface area contributed by atoms with Crippen LogP contribution in [0.15, 0.2) is 0 Å². The number of hydrogen-bond donors (Lipinski definition) is 2. The van der Waals surface area contributed by atoms with Crippen molar-refractivity contribution < 1.29 is 5.11 Å². The van der Waals surface area contributed by atoms with E-state index in [1.54, 1.807) is 0 Å². The zero-order chi connectivity index (χ0) is 8.81. The molecule has 72 valence electrons. The van der Waals surface area contributed by atoms with Crippen LogP contribution in [-0.2, 0) is 0 Å². The van der Waals surface area contributed by atoms with Gasteiger partial charge in [-0.3, -0.25) is 0 Å². The average Bonchev–Trinajstić information content (AvgIpc) is 2.56. The maximum atomic E-state index is 8.80. The van der Waals surface area contributed by atoms with Crippen molar-refractivity contribution in [2.75, 3.05) is 18.1 Å². The Hall–Kier alpha value is 0.270. The first-order valence-corrected chi connectivity index (χ1v) is 5.97. The second-order valence-corrected chi connectivity index (χ2v) is 4.49. The summed E-state index contributed by atoms with van der Waals surface area (Å²) < 4.78 is 0. The highest BCUT2D eigenvalue weighted by molar-refractivity contribution is 7.99. The molecule has 0 aromatic carbocycles. The van der Waals surface area contributed by atoms with Gasteiger partial charge in [-0.2, -0.15) is 11.8 Å². The SMILES string of the molecule is CCC(CCO)NC1CCSC1. The third kappa shape index (κ3) is 3.33. The monoisotopic (exact) mass is 189 g/mol. The van der Waals surface area contributed by atoms with Gasteiger partial charge in [0.25, 0.3) is 0 Å². The van der Waals surface area contributed by atoms with Crippen LogP contribution in [0, 0.1) is 0 Å². The molecule has 1 fully saturated rings. The summed E-state index contributed by atoms with van der Waals surface area (Å²) in [5, 5.41) is 12.4. The standard InChI is InChI=1S/C9H19NOS/c1-2-8(3-5-11)10-9-4-6-12-7-9/h8-11H,2-7H2,1H3. The summed E-state index contributed by atoms with van der Waals surface area (Å²) in [6.07, 6.45) is 3.33. The highest BCUT2D eigenvalue weighted by Gasteiger charge is 2.17. The van der Waals surface area contributed by atoms with E-state index in [9.17, 15) is 0 Å². The molecule has 1 heterocycles. The van der Waals surface area contributed by atoms with Gasteiger partial charge in [-0.15, -0.1) is 0 Å². The summed E-state index contributed by atoms with van der Waals surface area (Å²) in [5.41, 5.74) is 0. The molecule has 1 aliphatic heterocycles. The molecule has 0 radical (unpaired) electrons. The first-order valence-electron chi connectivity index (χ1n) is 4.81. The van der Waals surface area contributed by atoms with E-state index in [1.807, 2.05) is 11.8 Å². The maximum absolute atomic E-state index is 8.80. The van der Waals surface area contributed by atoms with Gasteiger partial charge in [0.15, 0.2) is 0 Å². The molecule has 0 aromatic rings. The second-order valence-electron chi connectivity index (χ2n) is 3.34. The Morgan fingerprint density at radius 1 is 1.67 bits per heavy atom. The summed E-state index contributed by atoms with van der Waals surface area (Å²) in [7, 11) is 0. The van der Waals surface area contributed by atoms with Gasteiger partial charge in [0.2, 0.25) is 0 Å². The fraction of sp³-hybridized carbons (Fsp3) is 1.00. The van der Waals surface area contributed by atoms with Gasteiger partial charge in [-0.1, -0.05) is 6.92 Å². The quantitative estimate of drug-likeness (QED) is 0.682. The zero-order valence-electron chi connectivity index (χ0n) is 7.75. The van der Waals surface area contributed by atoms with Crippen LogP contribution < -0.4 is 5.32 Å². The normalized spacial score (nSPS) is 26.0. The predicted octanol–water partition coefficient (Wildman–Crippen LogP) is 1.24. The molecular weight excluding hydrogens is 170 g/mol. The molecule has 1 aliphatic rings. The Morgan fingerprint density at radius 3 is 3.00 bits per heavy atom. The van der Waals surface area contributed by atoms with Crippen LogP contribution >= 0.6 is 11.8 Å². The molecule has 0 aliphatic carbocycles. The summed E-state index contributed by atoms with van der Waals surface area (Å²) >= 11 is 2.03. The van der Waals surface area contributed by atoms with E-state index >= 15 is 0 Å². The number of aliphatic hydroxyl groups excluding tert-OH is 1. The molecule has 2 atom stereocenters. The third-order valence-corrected chi connectivity index (χ3v) is 3.53. The van der Waals surface area contributed by atoms with Gasteiger partial charge in [-0.05, 0) is 25.0 Å². The fourth-order valence-electron chi connectivity index (χ4n) is 1.56. The molecule has 2 unspecified atom stereocenters. The van der Waals surface area contributed by atoms with E-state index in [1.165, 1.54) is 17.9 Å². The van der Waals surface area contributed by atoms with Gasteiger partial charge in [-0.25, -0.2) is 0 Å². The van der Waals surface area contributed by atoms with Crippen molar-refractivity contribution >= 4 is 11.8 Å². The number of thioether (sulfide) groups is 1. The number of hydrogen-bond acceptors (Lipinski definition) is 3. The fourth-order valence-corrected chi connectivity index (χ4v) is 2.73. The van der Waals surface area contributed by atoms with E-state index in [4.69, 9.17) is 5.11 Å². The summed E-state index contributed by atoms with van der Waals surface area (Å²) in [4.78, 5) is 0. The van der Waals surface area contributed by atoms with Crippen LogP contribution in [0.3, 0.4) is 0 Å². The highest BCUT2D eigenvalue weighted by Crippen LogP contribution is 2.18. The van der Waals surface area contributed by atoms with E-state index < -0.39 is 0 Å². The van der Waals surface area contributed by atoms with Crippen molar-refractivity contribution in [2.45, 2.75) is 38.3 Å². The number of nitrogens with one attached hydrogen (secondary N) is 1. The molecule has 0 spiro atoms. The van der Waals surface area contributed by atoms with Gasteiger partial charge in [0.1, 0.15) is 0 Å². The zero-order valence-corrected chi connectivity index (χ0v) is 8.57. The first-order chi connectivity index (χ1) is 5.86. The number of aliphatic hydroxyl groups is 1. The lowest BCUT2D eigenvalue weighted by atomic mass is 10.1. The Kier molecular flexibility index (Phi) is 5.04. The largest absolute Gasteiger partial charge is 0.396 e. The van der Waals surface area contributed by atoms with Crippen LogP contribution in [-0.4, -0.2) is 35.3 Å². The number of rotatable bonds is 5. The minimum absolute atomic E-state index is 0.311. The van der Waals surface area contributed by atoms with Crippen LogP contribution in [0.5, 0.6) is 0 Å². The Bertz CT molecular complexity index is 115. The topological polar surface area (TPSA) is 32.3 Å². The van der Waals surface area contributed by atoms with Crippen LogP contribution in [0.4, 0.5) is 0 Å². The van der Waals surface area contributed by atoms with Crippen molar-refractivity contribution in [2.24, 2.45) is 0 Å². The van der Waals surface area contributed by atoms with Crippen LogP contribution in [0.2, 0.25) is 0 Å². The lowest BCUT2D eigenvalue weighted by Crippen LogP contribution is -2.38. The van der Waals surface area contributed by atoms with E-state index in [-0.39, 0.29) is 0 Å². The van der Waals surface area contributed by atoms with Crippen molar-refractivity contribution in [3.05, 3.63) is 0 Å². The smallest absolute Gasteiger partial charge is 0.0445 e. The second kappa shape index (κ2) is 5.84. The Balaban J connectivity index is 2.16. The third-order valence-electron chi connectivity index (χ3n) is 2.37.